The van der Waals surface area contributed by atoms with Crippen molar-refractivity contribution in [1.82, 2.24) is 0 Å². The molecule has 0 N–H and O–H groups in total. The Hall–Kier alpha value is -2.01. The second-order valence-corrected chi connectivity index (χ2v) is 7.44. The minimum absolute atomic E-state index is 0.0929. The number of rotatable bonds is 4. The minimum Gasteiger partial charge on any atom is -0.489 e. The Kier molecular flexibility index (Phi) is 4.07. The van der Waals surface area contributed by atoms with Crippen molar-refractivity contribution in [3.63, 3.8) is 0 Å². The maximum Gasteiger partial charge on any atom is 0.235 e. The van der Waals surface area contributed by atoms with Crippen molar-refractivity contribution in [1.29, 1.82) is 0 Å². The van der Waals surface area contributed by atoms with Crippen molar-refractivity contribution in [3.8, 4) is 5.75 Å². The number of anilines is 1. The molecule has 3 rings (SSSR count). The summed E-state index contributed by atoms with van der Waals surface area (Å²) in [6.07, 6.45) is 0.509. The van der Waals surface area contributed by atoms with E-state index in [4.69, 9.17) is 4.74 Å². The van der Waals surface area contributed by atoms with Crippen LogP contribution in [0.1, 0.15) is 12.5 Å². The molecular weight excluding hydrogens is 298 g/mol. The molecule has 0 aromatic heterocycles. The number of hydrogen-bond donors (Lipinski definition) is 0. The molecule has 0 fully saturated rings. The van der Waals surface area contributed by atoms with E-state index in [0.29, 0.717) is 24.5 Å². The van der Waals surface area contributed by atoms with Gasteiger partial charge in [-0.1, -0.05) is 42.5 Å². The van der Waals surface area contributed by atoms with E-state index in [2.05, 4.69) is 0 Å². The lowest BCUT2D eigenvalue weighted by Crippen LogP contribution is -2.46. The highest BCUT2D eigenvalue weighted by Gasteiger charge is 2.33. The van der Waals surface area contributed by atoms with E-state index in [1.165, 1.54) is 4.31 Å². The van der Waals surface area contributed by atoms with Crippen molar-refractivity contribution in [2.75, 3.05) is 16.7 Å². The van der Waals surface area contributed by atoms with Crippen molar-refractivity contribution >= 4 is 15.7 Å². The first kappa shape index (κ1) is 14.9. The molecule has 0 bridgehead atoms. The fourth-order valence-corrected chi connectivity index (χ4v) is 4.44. The van der Waals surface area contributed by atoms with Gasteiger partial charge < -0.3 is 4.74 Å². The summed E-state index contributed by atoms with van der Waals surface area (Å²) in [4.78, 5) is 0. The number of sulfonamides is 1. The highest BCUT2D eigenvalue weighted by atomic mass is 32.2. The van der Waals surface area contributed by atoms with Crippen molar-refractivity contribution < 1.29 is 13.2 Å². The Bertz CT molecular complexity index is 744. The second kappa shape index (κ2) is 6.01. The number of aryl methyl sites for hydroxylation is 1. The van der Waals surface area contributed by atoms with E-state index in [0.717, 1.165) is 5.56 Å². The maximum atomic E-state index is 12.8. The number of fused-ring (bicyclic) bond motifs is 1. The third-order valence-electron chi connectivity index (χ3n) is 3.77. The molecule has 1 unspecified atom stereocenters. The average molecular weight is 317 g/mol. The topological polar surface area (TPSA) is 46.6 Å². The molecule has 1 atom stereocenters. The lowest BCUT2D eigenvalue weighted by atomic mass is 10.2. The van der Waals surface area contributed by atoms with E-state index in [-0.39, 0.29) is 11.8 Å². The van der Waals surface area contributed by atoms with Gasteiger partial charge in [-0.05, 0) is 31.0 Å². The largest absolute Gasteiger partial charge is 0.489 e. The van der Waals surface area contributed by atoms with Gasteiger partial charge in [-0.3, -0.25) is 4.31 Å². The van der Waals surface area contributed by atoms with Crippen LogP contribution in [0.25, 0.3) is 0 Å². The summed E-state index contributed by atoms with van der Waals surface area (Å²) in [5.41, 5.74) is 1.66. The standard InChI is InChI=1S/C17H19NO3S/c1-14-13-21-17-10-6-5-9-16(17)18(14)22(19,20)12-11-15-7-3-2-4-8-15/h2-10,14H,11-13H2,1H3. The fraction of sp³-hybridized carbons (Fsp3) is 0.294. The molecule has 2 aromatic rings. The van der Waals surface area contributed by atoms with Gasteiger partial charge in [0.2, 0.25) is 10.0 Å². The van der Waals surface area contributed by atoms with Gasteiger partial charge in [0.1, 0.15) is 12.4 Å². The van der Waals surface area contributed by atoms with Crippen LogP contribution in [0.2, 0.25) is 0 Å². The fourth-order valence-electron chi connectivity index (χ4n) is 2.69. The molecule has 0 saturated heterocycles. The predicted octanol–water partition coefficient (Wildman–Crippen LogP) is 2.85. The zero-order valence-electron chi connectivity index (χ0n) is 12.5. The number of ether oxygens (including phenoxy) is 1. The molecule has 0 saturated carbocycles. The van der Waals surface area contributed by atoms with E-state index >= 15 is 0 Å². The van der Waals surface area contributed by atoms with Gasteiger partial charge in [0.25, 0.3) is 0 Å². The van der Waals surface area contributed by atoms with E-state index in [1.807, 2.05) is 49.4 Å². The molecule has 5 heteroatoms. The maximum absolute atomic E-state index is 12.8. The first-order valence-electron chi connectivity index (χ1n) is 7.36. The van der Waals surface area contributed by atoms with Crippen molar-refractivity contribution in [2.24, 2.45) is 0 Å². The summed E-state index contributed by atoms with van der Waals surface area (Å²) in [6, 6.07) is 16.8. The Balaban J connectivity index is 1.85. The van der Waals surface area contributed by atoms with Crippen LogP contribution in [0.5, 0.6) is 5.75 Å². The summed E-state index contributed by atoms with van der Waals surface area (Å²) in [5, 5.41) is 0. The lowest BCUT2D eigenvalue weighted by Gasteiger charge is -2.35. The number of benzene rings is 2. The molecule has 0 spiro atoms. The molecular formula is C17H19NO3S. The molecule has 4 nitrogen and oxygen atoms in total. The van der Waals surface area contributed by atoms with Crippen LogP contribution in [-0.4, -0.2) is 26.8 Å². The van der Waals surface area contributed by atoms with Crippen molar-refractivity contribution in [2.45, 2.75) is 19.4 Å². The minimum atomic E-state index is -3.39. The Morgan fingerprint density at radius 2 is 1.77 bits per heavy atom. The molecule has 1 aliphatic rings. The first-order valence-corrected chi connectivity index (χ1v) is 8.97. The quantitative estimate of drug-likeness (QED) is 0.871. The van der Waals surface area contributed by atoms with E-state index < -0.39 is 10.0 Å². The normalized spacial score (nSPS) is 17.7. The van der Waals surface area contributed by atoms with Gasteiger partial charge in [-0.25, -0.2) is 8.42 Å². The number of para-hydroxylation sites is 2. The zero-order chi connectivity index (χ0) is 15.6. The van der Waals surface area contributed by atoms with E-state index in [1.54, 1.807) is 12.1 Å². The number of nitrogens with zero attached hydrogens (tertiary/aromatic N) is 1. The summed E-state index contributed by atoms with van der Waals surface area (Å²) in [5.74, 6) is 0.722. The van der Waals surface area contributed by atoms with Crippen LogP contribution in [0.4, 0.5) is 5.69 Å². The van der Waals surface area contributed by atoms with Crippen LogP contribution in [0.15, 0.2) is 54.6 Å². The Labute approximate surface area is 131 Å². The van der Waals surface area contributed by atoms with Crippen LogP contribution in [0, 0.1) is 0 Å². The third-order valence-corrected chi connectivity index (χ3v) is 5.65. The average Bonchev–Trinajstić information content (AvgIpc) is 2.53. The molecule has 0 aliphatic carbocycles. The molecule has 116 valence electrons. The first-order chi connectivity index (χ1) is 10.6. The smallest absolute Gasteiger partial charge is 0.235 e. The molecule has 1 aliphatic heterocycles. The molecule has 1 heterocycles. The molecule has 0 amide bonds. The Morgan fingerprint density at radius 3 is 2.55 bits per heavy atom. The van der Waals surface area contributed by atoms with Crippen LogP contribution >= 0.6 is 0 Å². The van der Waals surface area contributed by atoms with Crippen molar-refractivity contribution in [3.05, 3.63) is 60.2 Å². The van der Waals surface area contributed by atoms with E-state index in [9.17, 15) is 8.42 Å². The highest BCUT2D eigenvalue weighted by Crippen LogP contribution is 2.35. The van der Waals surface area contributed by atoms with Crippen LogP contribution < -0.4 is 9.04 Å². The van der Waals surface area contributed by atoms with Gasteiger partial charge in [0.05, 0.1) is 17.5 Å². The number of hydrogen-bond acceptors (Lipinski definition) is 3. The van der Waals surface area contributed by atoms with Gasteiger partial charge >= 0.3 is 0 Å². The highest BCUT2D eigenvalue weighted by molar-refractivity contribution is 7.92. The third kappa shape index (κ3) is 2.95. The van der Waals surface area contributed by atoms with Gasteiger partial charge in [0.15, 0.2) is 0 Å². The SMILES string of the molecule is CC1COc2ccccc2N1S(=O)(=O)CCc1ccccc1. The zero-order valence-corrected chi connectivity index (χ0v) is 13.3. The second-order valence-electron chi connectivity index (χ2n) is 5.48. The van der Waals surface area contributed by atoms with Crippen LogP contribution in [0.3, 0.4) is 0 Å². The van der Waals surface area contributed by atoms with Gasteiger partial charge in [-0.15, -0.1) is 0 Å². The lowest BCUT2D eigenvalue weighted by molar-refractivity contribution is 0.281. The van der Waals surface area contributed by atoms with Gasteiger partial charge in [0, 0.05) is 0 Å². The van der Waals surface area contributed by atoms with Gasteiger partial charge in [-0.2, -0.15) is 0 Å². The van der Waals surface area contributed by atoms with Crippen LogP contribution in [-0.2, 0) is 16.4 Å². The molecule has 2 aromatic carbocycles. The molecule has 0 radical (unpaired) electrons. The summed E-state index contributed by atoms with van der Waals surface area (Å²) < 4.78 is 32.7. The molecule has 22 heavy (non-hydrogen) atoms. The summed E-state index contributed by atoms with van der Waals surface area (Å²) in [6.45, 7) is 2.25. The monoisotopic (exact) mass is 317 g/mol. The predicted molar refractivity (Wildman–Crippen MR) is 87.8 cm³/mol. The summed E-state index contributed by atoms with van der Waals surface area (Å²) in [7, 11) is -3.39. The Morgan fingerprint density at radius 1 is 1.09 bits per heavy atom. The summed E-state index contributed by atoms with van der Waals surface area (Å²) >= 11 is 0.